The van der Waals surface area contributed by atoms with E-state index in [0.717, 1.165) is 12.1 Å². The van der Waals surface area contributed by atoms with Crippen molar-refractivity contribution in [2.75, 3.05) is 0 Å². The molecular formula is C22H62O8Si8. The largest absolute Gasteiger partial charge is 0.492 e. The molecule has 0 saturated carbocycles. The fraction of sp³-hybridized carbons (Fsp3) is 1.00. The third kappa shape index (κ3) is 16.8. The highest BCUT2D eigenvalue weighted by molar-refractivity contribution is 6.92. The predicted molar refractivity (Wildman–Crippen MR) is 179 cm³/mol. The van der Waals surface area contributed by atoms with Gasteiger partial charge in [-0.3, -0.25) is 0 Å². The quantitative estimate of drug-likeness (QED) is 0.130. The molecule has 0 saturated heterocycles. The lowest BCUT2D eigenvalue weighted by molar-refractivity contribution is 0.225. The van der Waals surface area contributed by atoms with Gasteiger partial charge in [0.05, 0.1) is 8.07 Å². The molecule has 0 aliphatic carbocycles. The first-order valence-electron chi connectivity index (χ1n) is 14.3. The molecule has 0 bridgehead atoms. The average Bonchev–Trinajstić information content (AvgIpc) is 2.62. The molecular weight excluding hydrogens is 617 g/mol. The van der Waals surface area contributed by atoms with Crippen molar-refractivity contribution >= 4 is 67.8 Å². The Hall–Kier alpha value is 1.42. The van der Waals surface area contributed by atoms with Crippen LogP contribution in [0.2, 0.25) is 121 Å². The van der Waals surface area contributed by atoms with Crippen molar-refractivity contribution in [3.05, 3.63) is 0 Å². The van der Waals surface area contributed by atoms with Crippen LogP contribution in [0.15, 0.2) is 0 Å². The van der Waals surface area contributed by atoms with Crippen molar-refractivity contribution in [1.82, 2.24) is 0 Å². The number of rotatable bonds is 19. The molecule has 0 aliphatic heterocycles. The van der Waals surface area contributed by atoms with E-state index in [-0.39, 0.29) is 12.1 Å². The molecule has 38 heavy (non-hydrogen) atoms. The number of hydrogen-bond acceptors (Lipinski definition) is 8. The molecule has 0 radical (unpaired) electrons. The SMILES string of the molecule is CC[Si](CC)(CC)CC[Si](C)(O[Si](C)(C)C)O[Si](C)(CC[Si](O)(O)O)O[Si](C)(C)O[Si](C)(C)O[Si](C)(C)C. The Labute approximate surface area is 243 Å². The molecule has 3 N–H and O–H groups in total. The van der Waals surface area contributed by atoms with E-state index in [2.05, 4.69) is 79.7 Å². The lowest BCUT2D eigenvalue weighted by Gasteiger charge is -2.45. The van der Waals surface area contributed by atoms with Crippen molar-refractivity contribution in [3.8, 4) is 0 Å². The van der Waals surface area contributed by atoms with Gasteiger partial charge in [-0.15, -0.1) is 0 Å². The summed E-state index contributed by atoms with van der Waals surface area (Å²) < 4.78 is 33.9. The smallest absolute Gasteiger partial charge is 0.437 e. The summed E-state index contributed by atoms with van der Waals surface area (Å²) in [5, 5.41) is 0. The van der Waals surface area contributed by atoms with Gasteiger partial charge in [-0.2, -0.15) is 0 Å². The van der Waals surface area contributed by atoms with Crippen LogP contribution in [0, 0.1) is 0 Å². The molecule has 2 atom stereocenters. The van der Waals surface area contributed by atoms with E-state index in [4.69, 9.17) is 20.6 Å². The van der Waals surface area contributed by atoms with Gasteiger partial charge in [-0.25, -0.2) is 0 Å². The monoisotopic (exact) mass is 678 g/mol. The molecule has 0 rings (SSSR count). The fourth-order valence-electron chi connectivity index (χ4n) is 5.41. The first kappa shape index (κ1) is 39.4. The molecule has 0 heterocycles. The van der Waals surface area contributed by atoms with E-state index in [1.54, 1.807) is 0 Å². The van der Waals surface area contributed by atoms with Crippen molar-refractivity contribution in [2.45, 2.75) is 142 Å². The van der Waals surface area contributed by atoms with Crippen LogP contribution in [0.3, 0.4) is 0 Å². The molecule has 0 spiro atoms. The second kappa shape index (κ2) is 14.3. The lowest BCUT2D eigenvalue weighted by Crippen LogP contribution is -2.62. The predicted octanol–water partition coefficient (Wildman–Crippen LogP) is 6.71. The van der Waals surface area contributed by atoms with Crippen LogP contribution < -0.4 is 0 Å². The topological polar surface area (TPSA) is 107 Å². The van der Waals surface area contributed by atoms with E-state index in [9.17, 15) is 14.4 Å². The molecule has 16 heteroatoms. The zero-order valence-electron chi connectivity index (χ0n) is 27.3. The molecule has 0 fully saturated rings. The van der Waals surface area contributed by atoms with Gasteiger partial charge in [0.2, 0.25) is 0 Å². The minimum atomic E-state index is -4.28. The van der Waals surface area contributed by atoms with E-state index >= 15 is 0 Å². The first-order chi connectivity index (χ1) is 16.6. The summed E-state index contributed by atoms with van der Waals surface area (Å²) in [5.74, 6) is 0. The summed E-state index contributed by atoms with van der Waals surface area (Å²) in [6, 6.07) is 5.97. The van der Waals surface area contributed by atoms with Gasteiger partial charge in [0, 0.05) is 6.04 Å². The summed E-state index contributed by atoms with van der Waals surface area (Å²) in [6.45, 7) is 32.4. The Kier molecular flexibility index (Phi) is 14.8. The molecule has 0 aliphatic rings. The summed E-state index contributed by atoms with van der Waals surface area (Å²) in [7, 11) is -20.5. The second-order valence-electron chi connectivity index (χ2n) is 14.1. The van der Waals surface area contributed by atoms with Crippen LogP contribution in [-0.2, 0) is 20.6 Å². The zero-order chi connectivity index (χ0) is 30.5. The maximum absolute atomic E-state index is 9.91. The molecule has 230 valence electrons. The van der Waals surface area contributed by atoms with Crippen molar-refractivity contribution in [1.29, 1.82) is 0 Å². The Morgan fingerprint density at radius 3 is 1.16 bits per heavy atom. The Bertz CT molecular complexity index is 711. The lowest BCUT2D eigenvalue weighted by atomic mass is 10.9. The van der Waals surface area contributed by atoms with Crippen LogP contribution in [0.25, 0.3) is 0 Å². The molecule has 0 amide bonds. The third-order valence-electron chi connectivity index (χ3n) is 6.73. The van der Waals surface area contributed by atoms with Crippen LogP contribution in [0.4, 0.5) is 0 Å². The standard InChI is InChI=1S/C22H62O8Si8/c1-16-37(17-2,18-3)21-19-35(14,27-32(7,8)9)30-36(15,20-22-38(23,24)25)29-34(12,13)28-33(10,11)26-31(4,5)6/h23-25H,16-22H2,1-15H3. The minimum absolute atomic E-state index is 0.124. The first-order valence-corrected chi connectivity index (χ1v) is 36.7. The second-order valence-corrected chi connectivity index (χ2v) is 45.5. The summed E-state index contributed by atoms with van der Waals surface area (Å²) in [4.78, 5) is 29.7. The zero-order valence-corrected chi connectivity index (χ0v) is 35.3. The summed E-state index contributed by atoms with van der Waals surface area (Å²) in [6.07, 6.45) is 0. The summed E-state index contributed by atoms with van der Waals surface area (Å²) >= 11 is 0. The van der Waals surface area contributed by atoms with Gasteiger partial charge >= 0.3 is 43.0 Å². The highest BCUT2D eigenvalue weighted by Crippen LogP contribution is 2.36. The molecule has 0 aromatic heterocycles. The molecule has 8 nitrogen and oxygen atoms in total. The van der Waals surface area contributed by atoms with Gasteiger partial charge in [-0.1, -0.05) is 44.9 Å². The van der Waals surface area contributed by atoms with Crippen molar-refractivity contribution in [3.63, 3.8) is 0 Å². The van der Waals surface area contributed by atoms with Crippen molar-refractivity contribution < 1.29 is 35.0 Å². The van der Waals surface area contributed by atoms with Crippen LogP contribution in [0.5, 0.6) is 0 Å². The van der Waals surface area contributed by atoms with Crippen LogP contribution in [-0.4, -0.2) is 82.1 Å². The van der Waals surface area contributed by atoms with Crippen molar-refractivity contribution in [2.24, 2.45) is 0 Å². The van der Waals surface area contributed by atoms with Crippen LogP contribution >= 0.6 is 0 Å². The maximum Gasteiger partial charge on any atom is 0.492 e. The Balaban J connectivity index is 6.28. The Morgan fingerprint density at radius 1 is 0.421 bits per heavy atom. The average molecular weight is 679 g/mol. The van der Waals surface area contributed by atoms with E-state index in [1.807, 2.05) is 19.6 Å². The van der Waals surface area contributed by atoms with E-state index in [0.29, 0.717) is 0 Å². The fourth-order valence-corrected chi connectivity index (χ4v) is 42.5. The van der Waals surface area contributed by atoms with E-state index in [1.165, 1.54) is 18.1 Å². The molecule has 0 aromatic carbocycles. The van der Waals surface area contributed by atoms with Gasteiger partial charge in [-0.05, 0) is 90.7 Å². The van der Waals surface area contributed by atoms with Gasteiger partial charge < -0.3 is 35.0 Å². The van der Waals surface area contributed by atoms with Crippen LogP contribution in [0.1, 0.15) is 20.8 Å². The number of hydrogen-bond donors (Lipinski definition) is 3. The van der Waals surface area contributed by atoms with Gasteiger partial charge in [0.1, 0.15) is 0 Å². The molecule has 2 unspecified atom stereocenters. The third-order valence-corrected chi connectivity index (χ3v) is 36.5. The highest BCUT2D eigenvalue weighted by atomic mass is 28.5. The van der Waals surface area contributed by atoms with Gasteiger partial charge in [0.25, 0.3) is 0 Å². The Morgan fingerprint density at radius 2 is 0.789 bits per heavy atom. The molecule has 0 aromatic rings. The maximum atomic E-state index is 9.91. The minimum Gasteiger partial charge on any atom is -0.437 e. The highest BCUT2D eigenvalue weighted by Gasteiger charge is 2.51. The summed E-state index contributed by atoms with van der Waals surface area (Å²) in [5.41, 5.74) is 0. The van der Waals surface area contributed by atoms with E-state index < -0.39 is 67.8 Å². The normalized spacial score (nSPS) is 17.8. The van der Waals surface area contributed by atoms with Gasteiger partial charge in [0.15, 0.2) is 16.6 Å².